The van der Waals surface area contributed by atoms with Crippen LogP contribution in [0.2, 0.25) is 0 Å². The summed E-state index contributed by atoms with van der Waals surface area (Å²) in [4.78, 5) is 40.3. The zero-order valence-electron chi connectivity index (χ0n) is 19.0. The highest BCUT2D eigenvalue weighted by Gasteiger charge is 2.33. The number of carbonyl (C=O) groups excluding carboxylic acids is 1. The molecule has 1 fully saturated rings. The second-order valence-electron chi connectivity index (χ2n) is 8.74. The van der Waals surface area contributed by atoms with Gasteiger partial charge in [-0.15, -0.1) is 0 Å². The van der Waals surface area contributed by atoms with Crippen molar-refractivity contribution in [1.82, 2.24) is 24.8 Å². The fourth-order valence-electron chi connectivity index (χ4n) is 4.14. The third-order valence-corrected chi connectivity index (χ3v) is 6.60. The minimum Gasteiger partial charge on any atom is -0.350 e. The van der Waals surface area contributed by atoms with Crippen LogP contribution in [-0.4, -0.2) is 52.0 Å². The number of amides is 1. The second kappa shape index (κ2) is 9.38. The summed E-state index contributed by atoms with van der Waals surface area (Å²) in [5, 5.41) is 3.74. The van der Waals surface area contributed by atoms with E-state index in [2.05, 4.69) is 10.3 Å². The Morgan fingerprint density at radius 1 is 1.25 bits per heavy atom. The van der Waals surface area contributed by atoms with Gasteiger partial charge in [0.1, 0.15) is 11.9 Å². The van der Waals surface area contributed by atoms with E-state index in [4.69, 9.17) is 4.98 Å². The predicted molar refractivity (Wildman–Crippen MR) is 128 cm³/mol. The lowest BCUT2D eigenvalue weighted by atomic mass is 10.2. The van der Waals surface area contributed by atoms with Crippen LogP contribution in [0.3, 0.4) is 0 Å². The molecule has 0 saturated carbocycles. The van der Waals surface area contributed by atoms with Crippen LogP contribution in [0.4, 0.5) is 5.13 Å². The van der Waals surface area contributed by atoms with E-state index in [1.54, 1.807) is 4.57 Å². The van der Waals surface area contributed by atoms with E-state index < -0.39 is 0 Å². The smallest absolute Gasteiger partial charge is 0.281 e. The van der Waals surface area contributed by atoms with E-state index in [-0.39, 0.29) is 23.6 Å². The first-order valence-corrected chi connectivity index (χ1v) is 11.8. The van der Waals surface area contributed by atoms with Crippen molar-refractivity contribution in [2.75, 3.05) is 25.5 Å². The maximum atomic E-state index is 13.2. The van der Waals surface area contributed by atoms with Crippen LogP contribution >= 0.6 is 11.3 Å². The first-order chi connectivity index (χ1) is 15.3. The third-order valence-electron chi connectivity index (χ3n) is 5.61. The zero-order valence-corrected chi connectivity index (χ0v) is 19.9. The van der Waals surface area contributed by atoms with Crippen molar-refractivity contribution in [2.45, 2.75) is 51.9 Å². The van der Waals surface area contributed by atoms with Crippen molar-refractivity contribution < 1.29 is 4.79 Å². The summed E-state index contributed by atoms with van der Waals surface area (Å²) in [7, 11) is 3.92. The summed E-state index contributed by atoms with van der Waals surface area (Å²) in [6.07, 6.45) is 1.68. The summed E-state index contributed by atoms with van der Waals surface area (Å²) in [6.45, 7) is 5.78. The molecule has 1 aromatic carbocycles. The van der Waals surface area contributed by atoms with Gasteiger partial charge in [0.15, 0.2) is 15.5 Å². The van der Waals surface area contributed by atoms with E-state index in [1.807, 2.05) is 68.1 Å². The van der Waals surface area contributed by atoms with Gasteiger partial charge in [-0.05, 0) is 46.3 Å². The molecule has 0 bridgehead atoms. The van der Waals surface area contributed by atoms with Gasteiger partial charge in [-0.1, -0.05) is 41.7 Å². The molecule has 1 atom stereocenters. The quantitative estimate of drug-likeness (QED) is 0.591. The Morgan fingerprint density at radius 3 is 2.69 bits per heavy atom. The maximum absolute atomic E-state index is 13.2. The number of aromatic nitrogens is 3. The van der Waals surface area contributed by atoms with Crippen molar-refractivity contribution in [3.8, 4) is 0 Å². The Kier molecular flexibility index (Phi) is 6.57. The first-order valence-electron chi connectivity index (χ1n) is 11.0. The van der Waals surface area contributed by atoms with E-state index >= 15 is 0 Å². The highest BCUT2D eigenvalue weighted by molar-refractivity contribution is 7.21. The Morgan fingerprint density at radius 2 is 2.00 bits per heavy atom. The molecular formula is C23H30N6O2S. The Labute approximate surface area is 191 Å². The molecular weight excluding hydrogens is 424 g/mol. The molecule has 0 radical (unpaired) electrons. The molecule has 1 N–H and O–H groups in total. The first kappa shape index (κ1) is 22.4. The number of anilines is 1. The second-order valence-corrected chi connectivity index (χ2v) is 9.70. The van der Waals surface area contributed by atoms with Gasteiger partial charge in [-0.2, -0.15) is 0 Å². The van der Waals surface area contributed by atoms with E-state index in [0.717, 1.165) is 30.8 Å². The number of nitrogens with one attached hydrogen (secondary N) is 1. The molecule has 9 heteroatoms. The van der Waals surface area contributed by atoms with Crippen LogP contribution in [0, 0.1) is 0 Å². The van der Waals surface area contributed by atoms with Gasteiger partial charge in [0.05, 0.1) is 6.54 Å². The number of carbonyl (C=O) groups is 1. The topological polar surface area (TPSA) is 83.4 Å². The molecule has 170 valence electrons. The number of thiazole rings is 1. The minimum atomic E-state index is -0.284. The molecule has 2 aromatic heterocycles. The van der Waals surface area contributed by atoms with Crippen molar-refractivity contribution in [3.05, 3.63) is 52.1 Å². The van der Waals surface area contributed by atoms with Crippen molar-refractivity contribution >= 4 is 32.7 Å². The van der Waals surface area contributed by atoms with Crippen LogP contribution in [0.15, 0.2) is 35.1 Å². The normalized spacial score (nSPS) is 16.4. The number of benzene rings is 1. The lowest BCUT2D eigenvalue weighted by molar-refractivity contribution is -0.122. The van der Waals surface area contributed by atoms with Gasteiger partial charge >= 0.3 is 0 Å². The Hall–Kier alpha value is -2.78. The van der Waals surface area contributed by atoms with Gasteiger partial charge < -0.3 is 15.1 Å². The van der Waals surface area contributed by atoms with Crippen molar-refractivity contribution in [1.29, 1.82) is 0 Å². The molecule has 1 saturated heterocycles. The standard InChI is InChI=1S/C23H30N6O2S/c1-15(2)29-18(14-27(3)4)25-21-19(22(29)31)26-23(32-21)28-12-8-11-17(28)20(30)24-13-16-9-6-5-7-10-16/h5-7,9-10,15,17H,8,11-14H2,1-4H3,(H,24,30). The van der Waals surface area contributed by atoms with Gasteiger partial charge in [0, 0.05) is 19.1 Å². The third kappa shape index (κ3) is 4.54. The number of hydrogen-bond acceptors (Lipinski definition) is 7. The minimum absolute atomic E-state index is 0.00791. The molecule has 1 aliphatic rings. The predicted octanol–water partition coefficient (Wildman–Crippen LogP) is 2.78. The Balaban J connectivity index is 1.61. The molecule has 3 aromatic rings. The van der Waals surface area contributed by atoms with Crippen molar-refractivity contribution in [3.63, 3.8) is 0 Å². The zero-order chi connectivity index (χ0) is 22.8. The van der Waals surface area contributed by atoms with Crippen molar-refractivity contribution in [2.24, 2.45) is 0 Å². The lowest BCUT2D eigenvalue weighted by Crippen LogP contribution is -2.43. The number of hydrogen-bond donors (Lipinski definition) is 1. The number of fused-ring (bicyclic) bond motifs is 1. The van der Waals surface area contributed by atoms with Gasteiger partial charge in [0.2, 0.25) is 5.91 Å². The molecule has 32 heavy (non-hydrogen) atoms. The lowest BCUT2D eigenvalue weighted by Gasteiger charge is -2.23. The monoisotopic (exact) mass is 454 g/mol. The molecule has 0 spiro atoms. The van der Waals surface area contributed by atoms with E-state index in [9.17, 15) is 9.59 Å². The van der Waals surface area contributed by atoms with Crippen LogP contribution in [-0.2, 0) is 17.9 Å². The molecule has 0 aliphatic carbocycles. The molecule has 3 heterocycles. The maximum Gasteiger partial charge on any atom is 0.281 e. The summed E-state index contributed by atoms with van der Waals surface area (Å²) < 4.78 is 1.72. The molecule has 1 unspecified atom stereocenters. The largest absolute Gasteiger partial charge is 0.350 e. The van der Waals surface area contributed by atoms with E-state index in [1.165, 1.54) is 11.3 Å². The summed E-state index contributed by atoms with van der Waals surface area (Å²) in [6, 6.07) is 9.59. The fourth-order valence-corrected chi connectivity index (χ4v) is 5.17. The van der Waals surface area contributed by atoms with Gasteiger partial charge in [0.25, 0.3) is 5.56 Å². The van der Waals surface area contributed by atoms with Gasteiger partial charge in [-0.25, -0.2) is 9.97 Å². The van der Waals surface area contributed by atoms with Crippen LogP contribution in [0.25, 0.3) is 10.3 Å². The number of rotatable bonds is 7. The van der Waals surface area contributed by atoms with Gasteiger partial charge in [-0.3, -0.25) is 14.2 Å². The summed E-state index contributed by atoms with van der Waals surface area (Å²) in [5.74, 6) is 0.725. The van der Waals surface area contributed by atoms with Crippen LogP contribution < -0.4 is 15.8 Å². The molecule has 4 rings (SSSR count). The fraction of sp³-hybridized carbons (Fsp3) is 0.478. The Bertz CT molecular complexity index is 1150. The highest BCUT2D eigenvalue weighted by Crippen LogP contribution is 2.32. The van der Waals surface area contributed by atoms with Crippen LogP contribution in [0.5, 0.6) is 0 Å². The summed E-state index contributed by atoms with van der Waals surface area (Å²) >= 11 is 1.40. The molecule has 8 nitrogen and oxygen atoms in total. The summed E-state index contributed by atoms with van der Waals surface area (Å²) in [5.41, 5.74) is 1.34. The SMILES string of the molecule is CC(C)n1c(CN(C)C)nc2sc(N3CCCC3C(=O)NCc3ccccc3)nc2c1=O. The molecule has 1 aliphatic heterocycles. The highest BCUT2D eigenvalue weighted by atomic mass is 32.1. The number of nitrogens with zero attached hydrogens (tertiary/aromatic N) is 5. The average molecular weight is 455 g/mol. The van der Waals surface area contributed by atoms with Crippen LogP contribution in [0.1, 0.15) is 44.1 Å². The van der Waals surface area contributed by atoms with E-state index in [0.29, 0.717) is 28.6 Å². The average Bonchev–Trinajstić information content (AvgIpc) is 3.39. The molecule has 1 amide bonds.